The van der Waals surface area contributed by atoms with E-state index < -0.39 is 0 Å². The molecule has 1 saturated heterocycles. The van der Waals surface area contributed by atoms with Gasteiger partial charge in [-0.15, -0.1) is 12.4 Å². The smallest absolute Gasteiger partial charge is 0.195 e. The van der Waals surface area contributed by atoms with Crippen LogP contribution in [-0.4, -0.2) is 41.8 Å². The van der Waals surface area contributed by atoms with Gasteiger partial charge in [-0.3, -0.25) is 14.7 Å². The summed E-state index contributed by atoms with van der Waals surface area (Å²) >= 11 is 0. The van der Waals surface area contributed by atoms with Crippen molar-refractivity contribution in [3.8, 4) is 0 Å². The maximum Gasteiger partial charge on any atom is 0.195 e. The van der Waals surface area contributed by atoms with Gasteiger partial charge in [0.15, 0.2) is 5.78 Å². The molecule has 1 aliphatic heterocycles. The van der Waals surface area contributed by atoms with Crippen LogP contribution >= 0.6 is 12.4 Å². The first-order chi connectivity index (χ1) is 8.29. The summed E-state index contributed by atoms with van der Waals surface area (Å²) in [5.41, 5.74) is 6.24. The summed E-state index contributed by atoms with van der Waals surface area (Å²) in [5.74, 6) is 0.642. The SMILES string of the molecule is Cl.NCC1CCCN(CC(=O)c2ccccn2)C1. The molecule has 5 heteroatoms. The summed E-state index contributed by atoms with van der Waals surface area (Å²) in [7, 11) is 0. The highest BCUT2D eigenvalue weighted by Crippen LogP contribution is 2.15. The van der Waals surface area contributed by atoms with Crippen LogP contribution in [0, 0.1) is 5.92 Å². The Morgan fingerprint density at radius 1 is 1.50 bits per heavy atom. The zero-order valence-corrected chi connectivity index (χ0v) is 11.2. The Kier molecular flexibility index (Phi) is 6.25. The van der Waals surface area contributed by atoms with E-state index in [0.29, 0.717) is 24.7 Å². The molecular weight excluding hydrogens is 250 g/mol. The van der Waals surface area contributed by atoms with Crippen LogP contribution in [0.25, 0.3) is 0 Å². The fourth-order valence-corrected chi connectivity index (χ4v) is 2.30. The first-order valence-corrected chi connectivity index (χ1v) is 6.16. The van der Waals surface area contributed by atoms with Gasteiger partial charge in [0, 0.05) is 12.7 Å². The molecule has 2 rings (SSSR count). The van der Waals surface area contributed by atoms with Crippen molar-refractivity contribution in [2.75, 3.05) is 26.2 Å². The van der Waals surface area contributed by atoms with Gasteiger partial charge in [-0.1, -0.05) is 6.07 Å². The van der Waals surface area contributed by atoms with Crippen LogP contribution in [0.1, 0.15) is 23.3 Å². The van der Waals surface area contributed by atoms with Crippen LogP contribution in [0.2, 0.25) is 0 Å². The first-order valence-electron chi connectivity index (χ1n) is 6.16. The van der Waals surface area contributed by atoms with Crippen LogP contribution in [0.3, 0.4) is 0 Å². The van der Waals surface area contributed by atoms with Gasteiger partial charge >= 0.3 is 0 Å². The number of aromatic nitrogens is 1. The number of hydrogen-bond donors (Lipinski definition) is 1. The Morgan fingerprint density at radius 3 is 3.00 bits per heavy atom. The Morgan fingerprint density at radius 2 is 2.33 bits per heavy atom. The van der Waals surface area contributed by atoms with Crippen molar-refractivity contribution in [2.45, 2.75) is 12.8 Å². The summed E-state index contributed by atoms with van der Waals surface area (Å²) in [4.78, 5) is 18.2. The third-order valence-corrected chi connectivity index (χ3v) is 3.25. The highest BCUT2D eigenvalue weighted by molar-refractivity contribution is 5.95. The quantitative estimate of drug-likeness (QED) is 0.839. The van der Waals surface area contributed by atoms with Crippen LogP contribution in [0.5, 0.6) is 0 Å². The molecule has 0 radical (unpaired) electrons. The molecule has 0 bridgehead atoms. The van der Waals surface area contributed by atoms with Crippen molar-refractivity contribution in [3.63, 3.8) is 0 Å². The van der Waals surface area contributed by atoms with Crippen LogP contribution in [0.15, 0.2) is 24.4 Å². The minimum Gasteiger partial charge on any atom is -0.330 e. The second kappa shape index (κ2) is 7.46. The number of piperidine rings is 1. The van der Waals surface area contributed by atoms with Crippen molar-refractivity contribution in [2.24, 2.45) is 11.7 Å². The fraction of sp³-hybridized carbons (Fsp3) is 0.538. The lowest BCUT2D eigenvalue weighted by atomic mass is 9.98. The minimum atomic E-state index is 0. The van der Waals surface area contributed by atoms with Crippen LogP contribution < -0.4 is 5.73 Å². The molecule has 1 fully saturated rings. The highest BCUT2D eigenvalue weighted by atomic mass is 35.5. The Labute approximate surface area is 114 Å². The third-order valence-electron chi connectivity index (χ3n) is 3.25. The van der Waals surface area contributed by atoms with Gasteiger partial charge in [0.1, 0.15) is 5.69 Å². The summed E-state index contributed by atoms with van der Waals surface area (Å²) in [6.07, 6.45) is 3.98. The molecule has 1 aromatic rings. The van der Waals surface area contributed by atoms with Gasteiger partial charge in [0.25, 0.3) is 0 Å². The zero-order chi connectivity index (χ0) is 12.1. The Bertz CT molecular complexity index is 372. The van der Waals surface area contributed by atoms with E-state index >= 15 is 0 Å². The normalized spacial score (nSPS) is 20.2. The molecule has 1 aromatic heterocycles. The number of likely N-dealkylation sites (tertiary alicyclic amines) is 1. The molecule has 4 nitrogen and oxygen atoms in total. The van der Waals surface area contributed by atoms with Crippen molar-refractivity contribution < 1.29 is 4.79 Å². The molecule has 100 valence electrons. The predicted molar refractivity (Wildman–Crippen MR) is 74.0 cm³/mol. The lowest BCUT2D eigenvalue weighted by Crippen LogP contribution is -2.41. The van der Waals surface area contributed by atoms with E-state index in [4.69, 9.17) is 5.73 Å². The van der Waals surface area contributed by atoms with E-state index in [2.05, 4.69) is 9.88 Å². The molecule has 2 N–H and O–H groups in total. The Balaban J connectivity index is 0.00000162. The highest BCUT2D eigenvalue weighted by Gasteiger charge is 2.21. The monoisotopic (exact) mass is 269 g/mol. The largest absolute Gasteiger partial charge is 0.330 e. The average molecular weight is 270 g/mol. The van der Waals surface area contributed by atoms with E-state index in [1.54, 1.807) is 12.3 Å². The van der Waals surface area contributed by atoms with E-state index in [1.807, 2.05) is 12.1 Å². The molecule has 2 heterocycles. The van der Waals surface area contributed by atoms with Crippen LogP contribution in [0.4, 0.5) is 0 Å². The van der Waals surface area contributed by atoms with Gasteiger partial charge in [-0.05, 0) is 44.0 Å². The summed E-state index contributed by atoms with van der Waals surface area (Å²) in [6.45, 7) is 3.12. The molecule has 18 heavy (non-hydrogen) atoms. The lowest BCUT2D eigenvalue weighted by molar-refractivity contribution is 0.0884. The molecule has 0 aliphatic carbocycles. The van der Waals surface area contributed by atoms with Crippen LogP contribution in [-0.2, 0) is 0 Å². The second-order valence-corrected chi connectivity index (χ2v) is 4.62. The number of ketones is 1. The number of hydrogen-bond acceptors (Lipinski definition) is 4. The zero-order valence-electron chi connectivity index (χ0n) is 10.4. The summed E-state index contributed by atoms with van der Waals surface area (Å²) in [5, 5.41) is 0. The molecule has 0 aromatic carbocycles. The minimum absolute atomic E-state index is 0. The summed E-state index contributed by atoms with van der Waals surface area (Å²) < 4.78 is 0. The number of rotatable bonds is 4. The number of halogens is 1. The number of nitrogens with two attached hydrogens (primary N) is 1. The lowest BCUT2D eigenvalue weighted by Gasteiger charge is -2.31. The number of Topliss-reactive ketones (excluding diaryl/α,β-unsaturated/α-hetero) is 1. The molecule has 1 unspecified atom stereocenters. The topological polar surface area (TPSA) is 59.2 Å². The molecule has 1 atom stereocenters. The first kappa shape index (κ1) is 15.1. The predicted octanol–water partition coefficient (Wildman–Crippen LogP) is 1.36. The van der Waals surface area contributed by atoms with E-state index in [9.17, 15) is 4.79 Å². The van der Waals surface area contributed by atoms with Crippen molar-refractivity contribution in [1.29, 1.82) is 0 Å². The number of carbonyl (C=O) groups excluding carboxylic acids is 1. The average Bonchev–Trinajstić information content (AvgIpc) is 2.40. The number of carbonyl (C=O) groups is 1. The van der Waals surface area contributed by atoms with Gasteiger partial charge in [-0.2, -0.15) is 0 Å². The summed E-state index contributed by atoms with van der Waals surface area (Å²) in [6, 6.07) is 5.44. The molecule has 1 aliphatic rings. The Hall–Kier alpha value is -0.970. The third kappa shape index (κ3) is 4.05. The standard InChI is InChI=1S/C13H19N3O.ClH/c14-8-11-4-3-7-16(9-11)10-13(17)12-5-1-2-6-15-12;/h1-2,5-6,11H,3-4,7-10,14H2;1H. The molecule has 0 saturated carbocycles. The van der Waals surface area contributed by atoms with Gasteiger partial charge in [-0.25, -0.2) is 0 Å². The van der Waals surface area contributed by atoms with E-state index in [0.717, 1.165) is 19.5 Å². The number of nitrogens with zero attached hydrogens (tertiary/aromatic N) is 2. The van der Waals surface area contributed by atoms with Gasteiger partial charge in [0.2, 0.25) is 0 Å². The molecular formula is C13H20ClN3O. The van der Waals surface area contributed by atoms with Gasteiger partial charge in [0.05, 0.1) is 6.54 Å². The van der Waals surface area contributed by atoms with E-state index in [-0.39, 0.29) is 18.2 Å². The van der Waals surface area contributed by atoms with Gasteiger partial charge < -0.3 is 5.73 Å². The fourth-order valence-electron chi connectivity index (χ4n) is 2.30. The maximum atomic E-state index is 12.0. The van der Waals surface area contributed by atoms with E-state index in [1.165, 1.54) is 6.42 Å². The van der Waals surface area contributed by atoms with Crippen molar-refractivity contribution >= 4 is 18.2 Å². The second-order valence-electron chi connectivity index (χ2n) is 4.62. The van der Waals surface area contributed by atoms with Crippen molar-refractivity contribution in [1.82, 2.24) is 9.88 Å². The number of pyridine rings is 1. The molecule has 0 amide bonds. The maximum absolute atomic E-state index is 12.0. The van der Waals surface area contributed by atoms with Crippen molar-refractivity contribution in [3.05, 3.63) is 30.1 Å². The molecule has 0 spiro atoms.